The van der Waals surface area contributed by atoms with Crippen LogP contribution in [0.5, 0.6) is 0 Å². The minimum atomic E-state index is -0.370. The van der Waals surface area contributed by atoms with Gasteiger partial charge in [-0.15, -0.1) is 0 Å². The third-order valence-electron chi connectivity index (χ3n) is 4.19. The van der Waals surface area contributed by atoms with E-state index >= 15 is 0 Å². The van der Waals surface area contributed by atoms with E-state index in [1.54, 1.807) is 36.4 Å². The van der Waals surface area contributed by atoms with E-state index in [-0.39, 0.29) is 11.8 Å². The Balaban J connectivity index is 1.79. The predicted octanol–water partition coefficient (Wildman–Crippen LogP) is 4.77. The number of esters is 1. The lowest BCUT2D eigenvalue weighted by atomic mass is 9.96. The lowest BCUT2D eigenvalue weighted by Crippen LogP contribution is -2.01. The van der Waals surface area contributed by atoms with E-state index in [4.69, 9.17) is 4.74 Å². The first kappa shape index (κ1) is 17.4. The first-order valence-corrected chi connectivity index (χ1v) is 8.18. The number of hydrogen-bond donors (Lipinski definition) is 0. The molecule has 0 heterocycles. The fourth-order valence-corrected chi connectivity index (χ4v) is 2.67. The minimum absolute atomic E-state index is 0.00908. The molecule has 26 heavy (non-hydrogen) atoms. The van der Waals surface area contributed by atoms with E-state index < -0.39 is 0 Å². The monoisotopic (exact) mass is 342 g/mol. The molecule has 0 aliphatic rings. The summed E-state index contributed by atoms with van der Waals surface area (Å²) in [4.78, 5) is 24.0. The number of ketones is 1. The van der Waals surface area contributed by atoms with Gasteiger partial charge in [-0.25, -0.2) is 4.79 Å². The summed E-state index contributed by atoms with van der Waals surface area (Å²) in [5, 5.41) is 0. The molecule has 0 unspecified atom stereocenters. The average molecular weight is 342 g/mol. The van der Waals surface area contributed by atoms with Gasteiger partial charge in [-0.2, -0.15) is 0 Å². The third-order valence-corrected chi connectivity index (χ3v) is 4.19. The van der Waals surface area contributed by atoms with Gasteiger partial charge in [0.1, 0.15) is 0 Å². The Morgan fingerprint density at radius 3 is 1.58 bits per heavy atom. The first-order chi connectivity index (χ1) is 12.6. The molecule has 0 aliphatic heterocycles. The van der Waals surface area contributed by atoms with E-state index in [1.807, 2.05) is 42.5 Å². The van der Waals surface area contributed by atoms with Gasteiger partial charge in [0.15, 0.2) is 5.78 Å². The van der Waals surface area contributed by atoms with Gasteiger partial charge in [0.05, 0.1) is 12.7 Å². The van der Waals surface area contributed by atoms with Crippen molar-refractivity contribution in [2.75, 3.05) is 7.11 Å². The Hall–Kier alpha value is -3.46. The summed E-state index contributed by atoms with van der Waals surface area (Å²) in [6.07, 6.45) is 0. The maximum atomic E-state index is 12.5. The summed E-state index contributed by atoms with van der Waals surface area (Å²) in [7, 11) is 1.35. The Bertz CT molecular complexity index is 937. The van der Waals surface area contributed by atoms with Gasteiger partial charge in [0, 0.05) is 11.1 Å². The topological polar surface area (TPSA) is 43.4 Å². The smallest absolute Gasteiger partial charge is 0.337 e. The molecule has 0 aromatic heterocycles. The van der Waals surface area contributed by atoms with Crippen LogP contribution in [-0.2, 0) is 4.74 Å². The summed E-state index contributed by atoms with van der Waals surface area (Å²) in [5.41, 5.74) is 4.43. The minimum Gasteiger partial charge on any atom is -0.465 e. The normalized spacial score (nSPS) is 10.2. The Labute approximate surface area is 152 Å². The zero-order valence-electron chi connectivity index (χ0n) is 14.4. The molecule has 0 saturated carbocycles. The van der Waals surface area contributed by atoms with Crippen molar-refractivity contribution >= 4 is 17.3 Å². The van der Waals surface area contributed by atoms with E-state index in [2.05, 4.69) is 6.58 Å². The van der Waals surface area contributed by atoms with Crippen molar-refractivity contribution in [1.29, 1.82) is 0 Å². The standard InChI is InChI=1S/C23H18O3/c1-16(18-10-14-21(15-11-18)23(25)26-2)17-8-12-20(13-9-17)22(24)19-6-4-3-5-7-19/h3-15H,1H2,2H3. The molecular formula is C23H18O3. The number of methoxy groups -OCH3 is 1. The van der Waals surface area contributed by atoms with Crippen LogP contribution < -0.4 is 0 Å². The largest absolute Gasteiger partial charge is 0.465 e. The highest BCUT2D eigenvalue weighted by molar-refractivity contribution is 6.09. The molecule has 3 heteroatoms. The molecule has 0 aliphatic carbocycles. The van der Waals surface area contributed by atoms with Crippen LogP contribution >= 0.6 is 0 Å². The van der Waals surface area contributed by atoms with Crippen LogP contribution in [0.2, 0.25) is 0 Å². The van der Waals surface area contributed by atoms with Crippen molar-refractivity contribution in [3.05, 3.63) is 113 Å². The highest BCUT2D eigenvalue weighted by Gasteiger charge is 2.10. The zero-order chi connectivity index (χ0) is 18.5. The van der Waals surface area contributed by atoms with E-state index in [9.17, 15) is 9.59 Å². The second-order valence-corrected chi connectivity index (χ2v) is 5.82. The highest BCUT2D eigenvalue weighted by atomic mass is 16.5. The van der Waals surface area contributed by atoms with Crippen LogP contribution in [0.4, 0.5) is 0 Å². The number of hydrogen-bond acceptors (Lipinski definition) is 3. The predicted molar refractivity (Wildman–Crippen MR) is 102 cm³/mol. The summed E-state index contributed by atoms with van der Waals surface area (Å²) >= 11 is 0. The fraction of sp³-hybridized carbons (Fsp3) is 0.0435. The van der Waals surface area contributed by atoms with Gasteiger partial charge < -0.3 is 4.74 Å². The maximum Gasteiger partial charge on any atom is 0.337 e. The zero-order valence-corrected chi connectivity index (χ0v) is 14.4. The van der Waals surface area contributed by atoms with Crippen molar-refractivity contribution in [3.8, 4) is 0 Å². The van der Waals surface area contributed by atoms with Crippen LogP contribution in [0.25, 0.3) is 5.57 Å². The van der Waals surface area contributed by atoms with Gasteiger partial charge in [-0.3, -0.25) is 4.79 Å². The quantitative estimate of drug-likeness (QED) is 0.496. The molecule has 0 atom stereocenters. The van der Waals surface area contributed by atoms with Gasteiger partial charge >= 0.3 is 5.97 Å². The molecule has 0 fully saturated rings. The number of carbonyl (C=O) groups excluding carboxylic acids is 2. The summed E-state index contributed by atoms with van der Waals surface area (Å²) in [6, 6.07) is 23.6. The molecule has 0 amide bonds. The summed E-state index contributed by atoms with van der Waals surface area (Å²) < 4.78 is 4.70. The van der Waals surface area contributed by atoms with Crippen molar-refractivity contribution in [2.45, 2.75) is 0 Å². The fourth-order valence-electron chi connectivity index (χ4n) is 2.67. The molecule has 0 saturated heterocycles. The molecule has 0 bridgehead atoms. The van der Waals surface area contributed by atoms with E-state index in [0.717, 1.165) is 16.7 Å². The Morgan fingerprint density at radius 2 is 1.08 bits per heavy atom. The van der Waals surface area contributed by atoms with Crippen LogP contribution in [0.3, 0.4) is 0 Å². The maximum absolute atomic E-state index is 12.5. The molecular weight excluding hydrogens is 324 g/mol. The summed E-state index contributed by atoms with van der Waals surface area (Å²) in [6.45, 7) is 4.12. The van der Waals surface area contributed by atoms with E-state index in [1.165, 1.54) is 7.11 Å². The lowest BCUT2D eigenvalue weighted by Gasteiger charge is -2.08. The molecule has 128 valence electrons. The molecule has 0 radical (unpaired) electrons. The summed E-state index contributed by atoms with van der Waals surface area (Å²) in [5.74, 6) is -0.379. The average Bonchev–Trinajstić information content (AvgIpc) is 2.73. The SMILES string of the molecule is C=C(c1ccc(C(=O)OC)cc1)c1ccc(C(=O)c2ccccc2)cc1. The van der Waals surface area contributed by atoms with Crippen molar-refractivity contribution < 1.29 is 14.3 Å². The van der Waals surface area contributed by atoms with Crippen LogP contribution in [0.1, 0.15) is 37.4 Å². The number of ether oxygens (including phenoxy) is 1. The molecule has 3 nitrogen and oxygen atoms in total. The highest BCUT2D eigenvalue weighted by Crippen LogP contribution is 2.23. The Morgan fingerprint density at radius 1 is 0.654 bits per heavy atom. The van der Waals surface area contributed by atoms with Gasteiger partial charge in [0.2, 0.25) is 0 Å². The molecule has 3 aromatic carbocycles. The van der Waals surface area contributed by atoms with Gasteiger partial charge in [-0.05, 0) is 28.8 Å². The molecule has 0 N–H and O–H groups in total. The van der Waals surface area contributed by atoms with Gasteiger partial charge in [-0.1, -0.05) is 73.3 Å². The second-order valence-electron chi connectivity index (χ2n) is 5.82. The van der Waals surface area contributed by atoms with Crippen molar-refractivity contribution in [1.82, 2.24) is 0 Å². The second kappa shape index (κ2) is 7.62. The van der Waals surface area contributed by atoms with Crippen LogP contribution in [0, 0.1) is 0 Å². The van der Waals surface area contributed by atoms with Crippen LogP contribution in [-0.4, -0.2) is 18.9 Å². The third kappa shape index (κ3) is 3.62. The van der Waals surface area contributed by atoms with E-state index in [0.29, 0.717) is 16.7 Å². The Kier molecular flexibility index (Phi) is 5.09. The van der Waals surface area contributed by atoms with Gasteiger partial charge in [0.25, 0.3) is 0 Å². The number of benzene rings is 3. The first-order valence-electron chi connectivity index (χ1n) is 8.18. The molecule has 3 rings (SSSR count). The van der Waals surface area contributed by atoms with Crippen molar-refractivity contribution in [3.63, 3.8) is 0 Å². The lowest BCUT2D eigenvalue weighted by molar-refractivity contribution is 0.0600. The molecule has 0 spiro atoms. The molecule has 3 aromatic rings. The number of rotatable bonds is 5. The number of carbonyl (C=O) groups is 2. The van der Waals surface area contributed by atoms with Crippen LogP contribution in [0.15, 0.2) is 85.4 Å². The van der Waals surface area contributed by atoms with Crippen molar-refractivity contribution in [2.24, 2.45) is 0 Å².